The molecule has 0 aliphatic heterocycles. The third kappa shape index (κ3) is 158. The standard InChI is InChI=1S/C12H33N7.C10H28N6.C8H23N5.C8H22N4.C7H20N4.C6H18N4.C6H17N3.C4H13N3/c13-1-3-15-5-7-17-9-11-19-12-10-18-8-6-16-4-2-14;11-1-3-13-5-7-15-9-10-16-8-6-14-4-2-12;9-1-3-11-5-7-13-8-6-12-4-2-10;9-3-1-5-11-7-8-12-6-2-4-10;8-2-6-10-4-1-5-11-7-3-9;7-1-3-9-5-6-10-4-2-8;7-3-1-5-9-6-2-4-8;5-1-3-7-4-2-6/h15-19H,1-14H2;13-16H,1-12H2;11-13H,1-10H2;11-12H,1-10H2;10-11H,1-9H2;9-10H,1-8H2;9H,1-8H2;7H,1-6H2. The lowest BCUT2D eigenvalue weighted by Crippen LogP contribution is -2.37. The fourth-order valence-corrected chi connectivity index (χ4v) is 6.92. The first-order valence-corrected chi connectivity index (χ1v) is 37.2. The van der Waals surface area contributed by atoms with Crippen molar-refractivity contribution in [3.63, 3.8) is 0 Å². The smallest absolute Gasteiger partial charge is 0.00772 e. The molecular formula is C61H174N36. The molecule has 97 heavy (non-hydrogen) atoms. The van der Waals surface area contributed by atoms with Crippen LogP contribution in [0.4, 0.5) is 0 Å². The van der Waals surface area contributed by atoms with Gasteiger partial charge in [-0.1, -0.05) is 0 Å². The maximum atomic E-state index is 5.37. The molecule has 0 unspecified atom stereocenters. The Morgan fingerprint density at radius 3 is 0.289 bits per heavy atom. The summed E-state index contributed by atoms with van der Waals surface area (Å²) in [6.07, 6.45) is 5.38. The second kappa shape index (κ2) is 131. The van der Waals surface area contributed by atoms with Crippen LogP contribution in [-0.2, 0) is 0 Å². The summed E-state index contributed by atoms with van der Waals surface area (Å²) >= 11 is 0. The topological polar surface area (TPSA) is 657 Å². The molecule has 598 valence electrons. The van der Waals surface area contributed by atoms with Crippen molar-refractivity contribution < 1.29 is 0 Å². The monoisotopic (exact) mass is 1410 g/mol. The molecule has 0 amide bonds. The molecule has 0 aliphatic rings. The van der Waals surface area contributed by atoms with Gasteiger partial charge in [-0.25, -0.2) is 0 Å². The first-order chi connectivity index (χ1) is 47.8. The lowest BCUT2D eigenvalue weighted by atomic mass is 10.4. The first kappa shape index (κ1) is 111. The molecule has 0 saturated carbocycles. The van der Waals surface area contributed by atoms with Gasteiger partial charge in [0.15, 0.2) is 0 Å². The molecule has 0 radical (unpaired) electrons. The van der Waals surface area contributed by atoms with E-state index in [2.05, 4.69) is 106 Å². The Balaban J connectivity index is -0.000000158. The highest BCUT2D eigenvalue weighted by Gasteiger charge is 1.94. The van der Waals surface area contributed by atoms with Crippen molar-refractivity contribution in [1.82, 2.24) is 106 Å². The minimum Gasteiger partial charge on any atom is -0.330 e. The van der Waals surface area contributed by atoms with Crippen molar-refractivity contribution in [1.29, 1.82) is 0 Å². The molecule has 36 nitrogen and oxygen atoms in total. The lowest BCUT2D eigenvalue weighted by molar-refractivity contribution is 0.559. The number of nitrogens with two attached hydrogens (primary N) is 16. The van der Waals surface area contributed by atoms with Crippen LogP contribution in [0.3, 0.4) is 0 Å². The minimum atomic E-state index is 0.694. The van der Waals surface area contributed by atoms with E-state index < -0.39 is 0 Å². The molecule has 52 N–H and O–H groups in total. The summed E-state index contributed by atoms with van der Waals surface area (Å²) in [5.74, 6) is 0. The normalized spacial score (nSPS) is 10.5. The summed E-state index contributed by atoms with van der Waals surface area (Å²) in [6, 6.07) is 0. The molecule has 0 spiro atoms. The molecule has 0 heterocycles. The van der Waals surface area contributed by atoms with Crippen molar-refractivity contribution >= 4 is 0 Å². The predicted octanol–water partition coefficient (Wildman–Crippen LogP) is -15.0. The average molecular weight is 1410 g/mol. The van der Waals surface area contributed by atoms with Gasteiger partial charge in [0.25, 0.3) is 0 Å². The zero-order valence-electron chi connectivity index (χ0n) is 62.4. The lowest BCUT2D eigenvalue weighted by Gasteiger charge is -2.08. The van der Waals surface area contributed by atoms with Crippen LogP contribution in [-0.4, -0.2) is 367 Å². The Labute approximate surface area is 594 Å². The van der Waals surface area contributed by atoms with Crippen molar-refractivity contribution in [3.8, 4) is 0 Å². The third-order valence-corrected chi connectivity index (χ3v) is 12.1. The first-order valence-electron chi connectivity index (χ1n) is 37.2. The van der Waals surface area contributed by atoms with Gasteiger partial charge in [-0.3, -0.25) is 0 Å². The van der Waals surface area contributed by atoms with Gasteiger partial charge in [-0.2, -0.15) is 0 Å². The van der Waals surface area contributed by atoms with E-state index in [-0.39, 0.29) is 0 Å². The van der Waals surface area contributed by atoms with Crippen LogP contribution >= 0.6 is 0 Å². The summed E-state index contributed by atoms with van der Waals surface area (Å²) < 4.78 is 0. The highest BCUT2D eigenvalue weighted by Crippen LogP contribution is 1.74. The molecule has 0 atom stereocenters. The van der Waals surface area contributed by atoms with Crippen LogP contribution in [0.25, 0.3) is 0 Å². The maximum Gasteiger partial charge on any atom is 0.00772 e. The molecule has 0 bridgehead atoms. The van der Waals surface area contributed by atoms with Crippen molar-refractivity contribution in [2.24, 2.45) is 91.7 Å². The second-order valence-electron chi connectivity index (χ2n) is 21.4. The number of hydrogen-bond acceptors (Lipinski definition) is 36. The van der Waals surface area contributed by atoms with Crippen LogP contribution in [0, 0.1) is 0 Å². The Morgan fingerprint density at radius 2 is 0.165 bits per heavy atom. The average Bonchev–Trinajstić information content (AvgIpc) is 3.62. The van der Waals surface area contributed by atoms with E-state index in [1.807, 2.05) is 0 Å². The summed E-state index contributed by atoms with van der Waals surface area (Å²) in [5, 5.41) is 65.1. The zero-order valence-corrected chi connectivity index (χ0v) is 62.4. The molecule has 0 aromatic heterocycles. The van der Waals surface area contributed by atoms with Crippen molar-refractivity contribution in [3.05, 3.63) is 0 Å². The van der Waals surface area contributed by atoms with E-state index in [0.717, 1.165) is 333 Å². The molecule has 0 rings (SSSR count). The summed E-state index contributed by atoms with van der Waals surface area (Å²) in [6.45, 7) is 50.3. The van der Waals surface area contributed by atoms with Crippen LogP contribution in [0.2, 0.25) is 0 Å². The minimum absolute atomic E-state index is 0.694. The molecule has 0 aromatic carbocycles. The SMILES string of the molecule is NCCCNCCCN.NCCCNCCNCCCN.NCCNCCCNCCN.NCCNCCN.NCCNCCNCCN.NCCNCCNCCNCCN.NCCNCCNCCNCCNCCN.NCCNCCNCCNCCNCCNCCN. The van der Waals surface area contributed by atoms with Gasteiger partial charge in [-0.15, -0.1) is 0 Å². The van der Waals surface area contributed by atoms with Crippen LogP contribution < -0.4 is 198 Å². The van der Waals surface area contributed by atoms with Crippen LogP contribution in [0.15, 0.2) is 0 Å². The predicted molar refractivity (Wildman–Crippen MR) is 425 cm³/mol. The maximum absolute atomic E-state index is 5.37. The van der Waals surface area contributed by atoms with Gasteiger partial charge >= 0.3 is 0 Å². The quantitative estimate of drug-likeness (QED) is 0.0251. The summed E-state index contributed by atoms with van der Waals surface area (Å²) in [5.41, 5.74) is 84.8. The number of nitrogens with one attached hydrogen (secondary N) is 20. The van der Waals surface area contributed by atoms with E-state index in [1.165, 1.54) is 0 Å². The highest BCUT2D eigenvalue weighted by atomic mass is 15.0. The number of rotatable bonds is 73. The molecule has 0 saturated heterocycles. The molecular weight excluding hydrogens is 1240 g/mol. The summed E-state index contributed by atoms with van der Waals surface area (Å²) in [4.78, 5) is 0. The van der Waals surface area contributed by atoms with Gasteiger partial charge in [-0.05, 0) is 97.6 Å². The van der Waals surface area contributed by atoms with E-state index in [0.29, 0.717) is 65.4 Å². The summed E-state index contributed by atoms with van der Waals surface area (Å²) in [7, 11) is 0. The molecule has 0 fully saturated rings. The van der Waals surface area contributed by atoms with E-state index in [1.54, 1.807) is 0 Å². The Bertz CT molecular complexity index is 1040. The van der Waals surface area contributed by atoms with Gasteiger partial charge in [0.05, 0.1) is 0 Å². The largest absolute Gasteiger partial charge is 0.330 e. The Hall–Kier alpha value is -1.44. The third-order valence-electron chi connectivity index (χ3n) is 12.1. The Morgan fingerprint density at radius 1 is 0.0825 bits per heavy atom. The fraction of sp³-hybridized carbons (Fsp3) is 1.00. The van der Waals surface area contributed by atoms with Gasteiger partial charge in [0.2, 0.25) is 0 Å². The van der Waals surface area contributed by atoms with Gasteiger partial charge in [0.1, 0.15) is 0 Å². The zero-order chi connectivity index (χ0) is 73.3. The molecule has 36 heteroatoms. The molecule has 0 aliphatic carbocycles. The van der Waals surface area contributed by atoms with E-state index >= 15 is 0 Å². The van der Waals surface area contributed by atoms with Gasteiger partial charge in [0, 0.05) is 301 Å². The highest BCUT2D eigenvalue weighted by molar-refractivity contribution is 4.62. The van der Waals surface area contributed by atoms with E-state index in [9.17, 15) is 0 Å². The van der Waals surface area contributed by atoms with Gasteiger partial charge < -0.3 is 198 Å². The van der Waals surface area contributed by atoms with Crippen LogP contribution in [0.5, 0.6) is 0 Å². The van der Waals surface area contributed by atoms with Crippen molar-refractivity contribution in [2.75, 3.05) is 367 Å². The molecule has 0 aromatic rings. The second-order valence-corrected chi connectivity index (χ2v) is 21.4. The van der Waals surface area contributed by atoms with Crippen molar-refractivity contribution in [2.45, 2.75) is 32.1 Å². The fourth-order valence-electron chi connectivity index (χ4n) is 6.92. The Kier molecular flexibility index (Phi) is 150. The number of hydrogen-bond donors (Lipinski definition) is 36. The van der Waals surface area contributed by atoms with Crippen LogP contribution in [0.1, 0.15) is 32.1 Å². The van der Waals surface area contributed by atoms with E-state index in [4.69, 9.17) is 91.7 Å².